The second kappa shape index (κ2) is 46.6. The number of allylic oxidation sites excluding steroid dienone is 10. The van der Waals surface area contributed by atoms with E-state index in [1.54, 1.807) is 21.1 Å². The first-order valence-corrected chi connectivity index (χ1v) is 26.3. The van der Waals surface area contributed by atoms with Crippen molar-refractivity contribution in [3.05, 3.63) is 60.8 Å². The Morgan fingerprint density at radius 2 is 0.875 bits per heavy atom. The molecule has 8 nitrogen and oxygen atoms in total. The van der Waals surface area contributed by atoms with Gasteiger partial charge in [0.05, 0.1) is 40.3 Å². The Bertz CT molecular complexity index is 1230. The van der Waals surface area contributed by atoms with Crippen LogP contribution in [0.1, 0.15) is 226 Å². The van der Waals surface area contributed by atoms with E-state index in [4.69, 9.17) is 14.2 Å². The number of rotatable bonds is 47. The Morgan fingerprint density at radius 3 is 1.30 bits per heavy atom. The topological polar surface area (TPSA) is 102 Å². The van der Waals surface area contributed by atoms with Gasteiger partial charge < -0.3 is 28.6 Å². The van der Waals surface area contributed by atoms with E-state index < -0.39 is 18.1 Å². The molecule has 0 N–H and O–H groups in total. The van der Waals surface area contributed by atoms with Gasteiger partial charge in [0, 0.05) is 19.3 Å². The number of hydrogen-bond donors (Lipinski definition) is 0. The number of carbonyl (C=O) groups is 3. The molecule has 2 atom stereocenters. The highest BCUT2D eigenvalue weighted by Gasteiger charge is 2.25. The molecular formula is C56H99NO7. The summed E-state index contributed by atoms with van der Waals surface area (Å²) in [5.74, 6) is -1.76. The van der Waals surface area contributed by atoms with Crippen LogP contribution in [0.4, 0.5) is 0 Å². The van der Waals surface area contributed by atoms with Crippen LogP contribution in [-0.4, -0.2) is 75.5 Å². The highest BCUT2D eigenvalue weighted by Crippen LogP contribution is 2.16. The maximum absolute atomic E-state index is 12.8. The van der Waals surface area contributed by atoms with Crippen LogP contribution in [0.2, 0.25) is 0 Å². The molecule has 0 rings (SSSR count). The standard InChI is InChI=1S/C56H99NO7/c1-6-8-10-12-14-16-18-20-22-24-26-28-30-32-34-36-38-40-42-44-46-54(58)63-51-52(50-62-49-48-53(56(60)61)57(3,4)5)64-55(59)47-45-43-41-39-37-35-33-31-29-27-25-23-21-19-17-15-13-11-9-7-2/h9,11,15,17,21,23,27,29,33,35,52-53H,6-8,10,12-14,16,18-20,22,24-26,28,30-32,34,36-51H2,1-5H3/b11-9+,17-15+,23-21+,29-27+,35-33+. The van der Waals surface area contributed by atoms with Crippen LogP contribution in [0.15, 0.2) is 60.8 Å². The minimum Gasteiger partial charge on any atom is -0.544 e. The van der Waals surface area contributed by atoms with Crippen molar-refractivity contribution >= 4 is 17.9 Å². The van der Waals surface area contributed by atoms with E-state index in [0.29, 0.717) is 12.8 Å². The summed E-state index contributed by atoms with van der Waals surface area (Å²) in [4.78, 5) is 37.1. The van der Waals surface area contributed by atoms with E-state index in [9.17, 15) is 19.5 Å². The number of unbranched alkanes of at least 4 members (excludes halogenated alkanes) is 23. The highest BCUT2D eigenvalue weighted by molar-refractivity contribution is 5.70. The minimum atomic E-state index is -1.13. The van der Waals surface area contributed by atoms with E-state index in [1.165, 1.54) is 109 Å². The molecule has 64 heavy (non-hydrogen) atoms. The van der Waals surface area contributed by atoms with E-state index in [2.05, 4.69) is 74.6 Å². The smallest absolute Gasteiger partial charge is 0.306 e. The zero-order chi connectivity index (χ0) is 47.0. The molecule has 2 unspecified atom stereocenters. The summed E-state index contributed by atoms with van der Waals surface area (Å²) in [6.07, 6.45) is 58.2. The number of carboxylic acid groups (broad SMARTS) is 1. The van der Waals surface area contributed by atoms with Crippen molar-refractivity contribution in [1.29, 1.82) is 0 Å². The summed E-state index contributed by atoms with van der Waals surface area (Å²) in [5, 5.41) is 11.7. The van der Waals surface area contributed by atoms with Crippen molar-refractivity contribution in [2.24, 2.45) is 0 Å². The molecule has 0 aromatic heterocycles. The SMILES string of the molecule is CC/C=C/C/C=C/C/C=C/C/C=C/C/C=C/CCCCCCC(=O)OC(COCCC(C(=O)[O-])[N+](C)(C)C)COC(=O)CCCCCCCCCCCCCCCCCCCCCC. The summed E-state index contributed by atoms with van der Waals surface area (Å²) >= 11 is 0. The van der Waals surface area contributed by atoms with E-state index in [0.717, 1.165) is 83.5 Å². The van der Waals surface area contributed by atoms with Crippen molar-refractivity contribution in [2.75, 3.05) is 41.0 Å². The quantitative estimate of drug-likeness (QED) is 0.0259. The van der Waals surface area contributed by atoms with Gasteiger partial charge in [0.1, 0.15) is 12.6 Å². The van der Waals surface area contributed by atoms with Crippen molar-refractivity contribution in [2.45, 2.75) is 238 Å². The highest BCUT2D eigenvalue weighted by atomic mass is 16.6. The summed E-state index contributed by atoms with van der Waals surface area (Å²) in [6, 6.07) is -0.733. The van der Waals surface area contributed by atoms with Gasteiger partial charge in [-0.15, -0.1) is 0 Å². The van der Waals surface area contributed by atoms with Crippen molar-refractivity contribution in [3.63, 3.8) is 0 Å². The number of nitrogens with zero attached hydrogens (tertiary/aromatic N) is 1. The molecular weight excluding hydrogens is 799 g/mol. The number of hydrogen-bond acceptors (Lipinski definition) is 7. The summed E-state index contributed by atoms with van der Waals surface area (Å²) in [7, 11) is 5.41. The molecule has 0 saturated heterocycles. The Labute approximate surface area is 394 Å². The lowest BCUT2D eigenvalue weighted by Crippen LogP contribution is -2.55. The third kappa shape index (κ3) is 44.2. The van der Waals surface area contributed by atoms with Gasteiger partial charge in [-0.2, -0.15) is 0 Å². The fourth-order valence-electron chi connectivity index (χ4n) is 7.63. The zero-order valence-corrected chi connectivity index (χ0v) is 42.2. The monoisotopic (exact) mass is 898 g/mol. The molecule has 0 saturated carbocycles. The van der Waals surface area contributed by atoms with Gasteiger partial charge in [-0.3, -0.25) is 9.59 Å². The second-order valence-electron chi connectivity index (χ2n) is 18.7. The van der Waals surface area contributed by atoms with E-state index in [1.807, 2.05) is 0 Å². The molecule has 0 bridgehead atoms. The molecule has 8 heteroatoms. The minimum absolute atomic E-state index is 0.0302. The third-order valence-corrected chi connectivity index (χ3v) is 11.7. The fourth-order valence-corrected chi connectivity index (χ4v) is 7.63. The van der Waals surface area contributed by atoms with Crippen LogP contribution in [-0.2, 0) is 28.6 Å². The van der Waals surface area contributed by atoms with E-state index in [-0.39, 0.29) is 42.7 Å². The Hall–Kier alpha value is -2.97. The zero-order valence-electron chi connectivity index (χ0n) is 42.2. The number of carbonyl (C=O) groups excluding carboxylic acids is 3. The number of esters is 2. The largest absolute Gasteiger partial charge is 0.544 e. The van der Waals surface area contributed by atoms with Gasteiger partial charge in [0.2, 0.25) is 0 Å². The average Bonchev–Trinajstić information content (AvgIpc) is 3.26. The normalized spacial score (nSPS) is 13.3. The molecule has 370 valence electrons. The first-order chi connectivity index (χ1) is 31.1. The number of likely N-dealkylation sites (N-methyl/N-ethyl adjacent to an activating group) is 1. The number of aliphatic carboxylic acids is 1. The lowest BCUT2D eigenvalue weighted by molar-refractivity contribution is -0.889. The maximum atomic E-state index is 12.8. The van der Waals surface area contributed by atoms with Crippen molar-refractivity contribution in [3.8, 4) is 0 Å². The molecule has 0 aliphatic heterocycles. The molecule has 0 aliphatic rings. The van der Waals surface area contributed by atoms with E-state index >= 15 is 0 Å². The van der Waals surface area contributed by atoms with Crippen LogP contribution < -0.4 is 5.11 Å². The van der Waals surface area contributed by atoms with Gasteiger partial charge in [-0.1, -0.05) is 209 Å². The fraction of sp³-hybridized carbons (Fsp3) is 0.768. The predicted molar refractivity (Wildman–Crippen MR) is 268 cm³/mol. The van der Waals surface area contributed by atoms with Crippen LogP contribution in [0.25, 0.3) is 0 Å². The first-order valence-electron chi connectivity index (χ1n) is 26.3. The molecule has 0 aromatic rings. The lowest BCUT2D eigenvalue weighted by Gasteiger charge is -2.34. The van der Waals surface area contributed by atoms with Crippen LogP contribution in [0.5, 0.6) is 0 Å². The molecule has 0 fully saturated rings. The molecule has 0 radical (unpaired) electrons. The molecule has 0 amide bonds. The summed E-state index contributed by atoms with van der Waals surface area (Å²) in [5.41, 5.74) is 0. The van der Waals surface area contributed by atoms with Crippen LogP contribution in [0, 0.1) is 0 Å². The number of carboxylic acids is 1. The number of ether oxygens (including phenoxy) is 3. The average molecular weight is 898 g/mol. The first kappa shape index (κ1) is 61.0. The predicted octanol–water partition coefficient (Wildman–Crippen LogP) is 14.0. The molecule has 0 aromatic carbocycles. The van der Waals surface area contributed by atoms with Gasteiger partial charge in [0.25, 0.3) is 0 Å². The second-order valence-corrected chi connectivity index (χ2v) is 18.7. The Kier molecular flexibility index (Phi) is 44.4. The van der Waals surface area contributed by atoms with Crippen LogP contribution >= 0.6 is 0 Å². The maximum Gasteiger partial charge on any atom is 0.306 e. The third-order valence-electron chi connectivity index (χ3n) is 11.7. The van der Waals surface area contributed by atoms with Gasteiger partial charge in [0.15, 0.2) is 6.10 Å². The van der Waals surface area contributed by atoms with Gasteiger partial charge >= 0.3 is 11.9 Å². The Morgan fingerprint density at radius 1 is 0.484 bits per heavy atom. The van der Waals surface area contributed by atoms with Gasteiger partial charge in [-0.05, 0) is 57.8 Å². The summed E-state index contributed by atoms with van der Waals surface area (Å²) in [6.45, 7) is 4.55. The van der Waals surface area contributed by atoms with Crippen LogP contribution in [0.3, 0.4) is 0 Å². The molecule has 0 heterocycles. The number of quaternary nitrogens is 1. The Balaban J connectivity index is 4.27. The van der Waals surface area contributed by atoms with Crippen molar-refractivity contribution in [1.82, 2.24) is 0 Å². The summed E-state index contributed by atoms with van der Waals surface area (Å²) < 4.78 is 17.2. The lowest BCUT2D eigenvalue weighted by atomic mass is 10.0. The molecule has 0 spiro atoms. The molecule has 0 aliphatic carbocycles. The van der Waals surface area contributed by atoms with Gasteiger partial charge in [-0.25, -0.2) is 0 Å². The van der Waals surface area contributed by atoms with Crippen molar-refractivity contribution < 1.29 is 38.2 Å².